The van der Waals surface area contributed by atoms with E-state index >= 15 is 0 Å². The number of hydrogen-bond acceptors (Lipinski definition) is 4. The summed E-state index contributed by atoms with van der Waals surface area (Å²) in [7, 11) is 0. The topological polar surface area (TPSA) is 58.6 Å². The highest BCUT2D eigenvalue weighted by atomic mass is 32.2. The SMILES string of the molecule is CC1(C)CCSCC1(NCC1CCCO1)C(=O)O. The third-order valence-corrected chi connectivity index (χ3v) is 5.50. The maximum Gasteiger partial charge on any atom is 0.325 e. The van der Waals surface area contributed by atoms with Crippen molar-refractivity contribution in [3.63, 3.8) is 0 Å². The van der Waals surface area contributed by atoms with Crippen LogP contribution in [0.3, 0.4) is 0 Å². The molecule has 0 bridgehead atoms. The van der Waals surface area contributed by atoms with Crippen molar-refractivity contribution >= 4 is 17.7 Å². The Labute approximate surface area is 113 Å². The Balaban J connectivity index is 2.07. The average molecular weight is 273 g/mol. The van der Waals surface area contributed by atoms with Crippen LogP contribution < -0.4 is 5.32 Å². The molecule has 0 radical (unpaired) electrons. The summed E-state index contributed by atoms with van der Waals surface area (Å²) in [4.78, 5) is 11.8. The first-order valence-electron chi connectivity index (χ1n) is 6.66. The lowest BCUT2D eigenvalue weighted by Crippen LogP contribution is -2.66. The number of carboxylic acids is 1. The second-order valence-electron chi connectivity index (χ2n) is 5.91. The molecule has 0 aromatic heterocycles. The third kappa shape index (κ3) is 2.53. The zero-order valence-corrected chi connectivity index (χ0v) is 12.0. The van der Waals surface area contributed by atoms with E-state index in [9.17, 15) is 9.90 Å². The lowest BCUT2D eigenvalue weighted by molar-refractivity contribution is -0.149. The van der Waals surface area contributed by atoms with E-state index in [0.29, 0.717) is 12.3 Å². The predicted molar refractivity (Wildman–Crippen MR) is 73.1 cm³/mol. The molecule has 2 N–H and O–H groups in total. The van der Waals surface area contributed by atoms with Gasteiger partial charge in [-0.25, -0.2) is 0 Å². The highest BCUT2D eigenvalue weighted by Gasteiger charge is 2.52. The number of aliphatic carboxylic acids is 1. The third-order valence-electron chi connectivity index (χ3n) is 4.37. The fourth-order valence-corrected chi connectivity index (χ4v) is 4.49. The Bertz CT molecular complexity index is 315. The highest BCUT2D eigenvalue weighted by molar-refractivity contribution is 7.99. The van der Waals surface area contributed by atoms with Crippen LogP contribution in [0, 0.1) is 5.41 Å². The van der Waals surface area contributed by atoms with Crippen LogP contribution in [0.1, 0.15) is 33.1 Å². The van der Waals surface area contributed by atoms with Gasteiger partial charge in [-0.05, 0) is 30.4 Å². The maximum absolute atomic E-state index is 11.8. The molecule has 0 spiro atoms. The van der Waals surface area contributed by atoms with E-state index in [-0.39, 0.29) is 11.5 Å². The van der Waals surface area contributed by atoms with Crippen LogP contribution in [0.25, 0.3) is 0 Å². The Morgan fingerprint density at radius 3 is 2.89 bits per heavy atom. The number of nitrogens with one attached hydrogen (secondary N) is 1. The Morgan fingerprint density at radius 2 is 2.33 bits per heavy atom. The van der Waals surface area contributed by atoms with Gasteiger partial charge in [-0.1, -0.05) is 13.8 Å². The lowest BCUT2D eigenvalue weighted by Gasteiger charge is -2.47. The highest BCUT2D eigenvalue weighted by Crippen LogP contribution is 2.42. The summed E-state index contributed by atoms with van der Waals surface area (Å²) < 4.78 is 5.57. The van der Waals surface area contributed by atoms with Crippen molar-refractivity contribution in [2.45, 2.75) is 44.8 Å². The summed E-state index contributed by atoms with van der Waals surface area (Å²) in [6.07, 6.45) is 3.24. The molecule has 2 unspecified atom stereocenters. The van der Waals surface area contributed by atoms with Gasteiger partial charge >= 0.3 is 5.97 Å². The molecule has 2 rings (SSSR count). The molecule has 2 saturated heterocycles. The quantitative estimate of drug-likeness (QED) is 0.817. The second kappa shape index (κ2) is 5.39. The molecule has 2 aliphatic heterocycles. The van der Waals surface area contributed by atoms with Crippen LogP contribution in [-0.4, -0.2) is 47.4 Å². The first-order chi connectivity index (χ1) is 8.48. The molecular weight excluding hydrogens is 250 g/mol. The summed E-state index contributed by atoms with van der Waals surface area (Å²) >= 11 is 1.73. The summed E-state index contributed by atoms with van der Waals surface area (Å²) in [5.74, 6) is 0.962. The summed E-state index contributed by atoms with van der Waals surface area (Å²) in [5, 5.41) is 13.0. The van der Waals surface area contributed by atoms with Crippen molar-refractivity contribution in [1.29, 1.82) is 0 Å². The summed E-state index contributed by atoms with van der Waals surface area (Å²) in [5.41, 5.74) is -1.04. The van der Waals surface area contributed by atoms with E-state index in [2.05, 4.69) is 19.2 Å². The fourth-order valence-electron chi connectivity index (χ4n) is 2.77. The van der Waals surface area contributed by atoms with Gasteiger partial charge in [0.2, 0.25) is 0 Å². The molecule has 0 aliphatic carbocycles. The van der Waals surface area contributed by atoms with Gasteiger partial charge in [0.05, 0.1) is 6.10 Å². The largest absolute Gasteiger partial charge is 0.480 e. The molecule has 2 atom stereocenters. The minimum absolute atomic E-state index is 0.184. The van der Waals surface area contributed by atoms with Gasteiger partial charge in [-0.3, -0.25) is 10.1 Å². The minimum Gasteiger partial charge on any atom is -0.480 e. The van der Waals surface area contributed by atoms with Gasteiger partial charge in [0, 0.05) is 18.9 Å². The van der Waals surface area contributed by atoms with Gasteiger partial charge in [0.15, 0.2) is 0 Å². The Hall–Kier alpha value is -0.260. The molecule has 4 nitrogen and oxygen atoms in total. The van der Waals surface area contributed by atoms with Crippen molar-refractivity contribution in [2.24, 2.45) is 5.41 Å². The number of carbonyl (C=O) groups is 1. The number of rotatable bonds is 4. The number of hydrogen-bond donors (Lipinski definition) is 2. The maximum atomic E-state index is 11.8. The van der Waals surface area contributed by atoms with Crippen LogP contribution in [0.2, 0.25) is 0 Å². The monoisotopic (exact) mass is 273 g/mol. The molecule has 2 fully saturated rings. The minimum atomic E-state index is -0.818. The zero-order valence-electron chi connectivity index (χ0n) is 11.2. The first kappa shape index (κ1) is 14.2. The second-order valence-corrected chi connectivity index (χ2v) is 7.02. The summed E-state index contributed by atoms with van der Waals surface area (Å²) in [6.45, 7) is 5.58. The van der Waals surface area contributed by atoms with Gasteiger partial charge in [-0.2, -0.15) is 11.8 Å². The molecular formula is C13H23NO3S. The van der Waals surface area contributed by atoms with E-state index < -0.39 is 11.5 Å². The molecule has 0 aromatic rings. The number of ether oxygens (including phenoxy) is 1. The zero-order chi connectivity index (χ0) is 13.2. The Morgan fingerprint density at radius 1 is 1.56 bits per heavy atom. The smallest absolute Gasteiger partial charge is 0.325 e. The van der Waals surface area contributed by atoms with Crippen LogP contribution in [-0.2, 0) is 9.53 Å². The van der Waals surface area contributed by atoms with Crippen LogP contribution in [0.15, 0.2) is 0 Å². The molecule has 2 aliphatic rings. The molecule has 5 heteroatoms. The van der Waals surface area contributed by atoms with Crippen molar-refractivity contribution in [1.82, 2.24) is 5.32 Å². The lowest BCUT2D eigenvalue weighted by atomic mass is 9.70. The number of carboxylic acid groups (broad SMARTS) is 1. The summed E-state index contributed by atoms with van der Waals surface area (Å²) in [6, 6.07) is 0. The predicted octanol–water partition coefficient (Wildman–Crippen LogP) is 1.74. The molecule has 0 saturated carbocycles. The van der Waals surface area contributed by atoms with Crippen LogP contribution in [0.5, 0.6) is 0 Å². The van der Waals surface area contributed by atoms with E-state index in [1.54, 1.807) is 11.8 Å². The first-order valence-corrected chi connectivity index (χ1v) is 7.81. The van der Waals surface area contributed by atoms with E-state index in [1.807, 2.05) is 0 Å². The van der Waals surface area contributed by atoms with Crippen molar-refractivity contribution in [3.8, 4) is 0 Å². The standard InChI is InChI=1S/C13H23NO3S/c1-12(2)5-7-18-9-13(12,11(15)16)14-8-10-4-3-6-17-10/h10,14H,3-9H2,1-2H3,(H,15,16). The molecule has 2 heterocycles. The van der Waals surface area contributed by atoms with Crippen LogP contribution >= 0.6 is 11.8 Å². The Kier molecular flexibility index (Phi) is 4.24. The van der Waals surface area contributed by atoms with Gasteiger partial charge < -0.3 is 9.84 Å². The molecule has 18 heavy (non-hydrogen) atoms. The van der Waals surface area contributed by atoms with Gasteiger partial charge in [0.25, 0.3) is 0 Å². The van der Waals surface area contributed by atoms with Crippen molar-refractivity contribution < 1.29 is 14.6 Å². The van der Waals surface area contributed by atoms with E-state index in [1.165, 1.54) is 0 Å². The number of thioether (sulfide) groups is 1. The molecule has 0 aromatic carbocycles. The van der Waals surface area contributed by atoms with Gasteiger partial charge in [-0.15, -0.1) is 0 Å². The normalized spacial score (nSPS) is 35.6. The molecule has 104 valence electrons. The van der Waals surface area contributed by atoms with Crippen molar-refractivity contribution in [3.05, 3.63) is 0 Å². The van der Waals surface area contributed by atoms with Crippen molar-refractivity contribution in [2.75, 3.05) is 24.7 Å². The average Bonchev–Trinajstić information content (AvgIpc) is 2.80. The van der Waals surface area contributed by atoms with Crippen LogP contribution in [0.4, 0.5) is 0 Å². The van der Waals surface area contributed by atoms with E-state index in [0.717, 1.165) is 31.6 Å². The fraction of sp³-hybridized carbons (Fsp3) is 0.923. The molecule has 0 amide bonds. The van der Waals surface area contributed by atoms with E-state index in [4.69, 9.17) is 4.74 Å². The van der Waals surface area contributed by atoms with Gasteiger partial charge in [0.1, 0.15) is 5.54 Å².